The number of aryl methyl sites for hydroxylation is 1. The van der Waals surface area contributed by atoms with E-state index in [-0.39, 0.29) is 5.91 Å². The van der Waals surface area contributed by atoms with Gasteiger partial charge in [-0.2, -0.15) is 0 Å². The standard InChI is InChI=1S/C14H17N5O2/c1-10-6-13(18-21-10)17-14(20)3-5-19-4-2-11-7-15-9-16-12(11)8-19/h6-7,9H,2-5,8H2,1H3,(H,17,18,20). The number of carbonyl (C=O) groups excluding carboxylic acids is 1. The predicted octanol–water partition coefficient (Wildman–Crippen LogP) is 1.16. The van der Waals surface area contributed by atoms with E-state index in [1.54, 1.807) is 19.3 Å². The molecular formula is C14H17N5O2. The maximum Gasteiger partial charge on any atom is 0.226 e. The molecule has 1 N–H and O–H groups in total. The van der Waals surface area contributed by atoms with Gasteiger partial charge in [-0.25, -0.2) is 9.97 Å². The molecule has 0 unspecified atom stereocenters. The summed E-state index contributed by atoms with van der Waals surface area (Å²) >= 11 is 0. The number of nitrogens with zero attached hydrogens (tertiary/aromatic N) is 4. The molecule has 0 saturated carbocycles. The average Bonchev–Trinajstić information content (AvgIpc) is 2.90. The van der Waals surface area contributed by atoms with Gasteiger partial charge in [-0.1, -0.05) is 5.16 Å². The van der Waals surface area contributed by atoms with Crippen LogP contribution in [-0.2, 0) is 17.8 Å². The molecule has 7 nitrogen and oxygen atoms in total. The first-order valence-corrected chi connectivity index (χ1v) is 6.94. The molecule has 3 heterocycles. The molecule has 1 aliphatic heterocycles. The van der Waals surface area contributed by atoms with Crippen LogP contribution in [0.5, 0.6) is 0 Å². The van der Waals surface area contributed by atoms with Crippen LogP contribution in [0.1, 0.15) is 23.4 Å². The van der Waals surface area contributed by atoms with E-state index in [9.17, 15) is 4.79 Å². The lowest BCUT2D eigenvalue weighted by molar-refractivity contribution is -0.116. The van der Waals surface area contributed by atoms with Crippen molar-refractivity contribution in [3.05, 3.63) is 35.6 Å². The zero-order valence-corrected chi connectivity index (χ0v) is 11.9. The first-order chi connectivity index (χ1) is 10.2. The molecule has 3 rings (SSSR count). The van der Waals surface area contributed by atoms with Crippen molar-refractivity contribution in [3.63, 3.8) is 0 Å². The van der Waals surface area contributed by atoms with Crippen molar-refractivity contribution in [2.45, 2.75) is 26.3 Å². The second-order valence-electron chi connectivity index (χ2n) is 5.14. The van der Waals surface area contributed by atoms with Crippen LogP contribution in [0.4, 0.5) is 5.82 Å². The van der Waals surface area contributed by atoms with Crippen LogP contribution in [-0.4, -0.2) is 39.0 Å². The van der Waals surface area contributed by atoms with Crippen molar-refractivity contribution in [3.8, 4) is 0 Å². The third-order valence-corrected chi connectivity index (χ3v) is 3.50. The quantitative estimate of drug-likeness (QED) is 0.908. The van der Waals surface area contributed by atoms with Crippen molar-refractivity contribution in [1.82, 2.24) is 20.0 Å². The van der Waals surface area contributed by atoms with E-state index < -0.39 is 0 Å². The minimum absolute atomic E-state index is 0.0585. The van der Waals surface area contributed by atoms with Gasteiger partial charge in [-0.05, 0) is 18.9 Å². The second kappa shape index (κ2) is 6.01. The second-order valence-corrected chi connectivity index (χ2v) is 5.14. The van der Waals surface area contributed by atoms with E-state index in [1.165, 1.54) is 5.56 Å². The number of carbonyl (C=O) groups is 1. The number of aromatic nitrogens is 3. The monoisotopic (exact) mass is 287 g/mol. The molecule has 2 aromatic heterocycles. The highest BCUT2D eigenvalue weighted by Crippen LogP contribution is 2.15. The van der Waals surface area contributed by atoms with Gasteiger partial charge in [0.05, 0.1) is 5.69 Å². The summed E-state index contributed by atoms with van der Waals surface area (Å²) in [6.45, 7) is 4.19. The lowest BCUT2D eigenvalue weighted by atomic mass is 10.1. The molecule has 0 fully saturated rings. The van der Waals surface area contributed by atoms with Crippen LogP contribution in [0.2, 0.25) is 0 Å². The summed E-state index contributed by atoms with van der Waals surface area (Å²) in [4.78, 5) is 22.4. The van der Waals surface area contributed by atoms with Gasteiger partial charge >= 0.3 is 0 Å². The van der Waals surface area contributed by atoms with Gasteiger partial charge in [0, 0.05) is 38.3 Å². The normalized spacial score (nSPS) is 14.7. The zero-order valence-electron chi connectivity index (χ0n) is 11.9. The summed E-state index contributed by atoms with van der Waals surface area (Å²) < 4.78 is 4.91. The molecule has 21 heavy (non-hydrogen) atoms. The lowest BCUT2D eigenvalue weighted by Crippen LogP contribution is -2.33. The molecule has 7 heteroatoms. The fourth-order valence-electron chi connectivity index (χ4n) is 2.39. The number of fused-ring (bicyclic) bond motifs is 1. The van der Waals surface area contributed by atoms with E-state index in [0.717, 1.165) is 25.2 Å². The van der Waals surface area contributed by atoms with Gasteiger partial charge < -0.3 is 9.84 Å². The van der Waals surface area contributed by atoms with E-state index in [0.29, 0.717) is 24.5 Å². The van der Waals surface area contributed by atoms with Crippen LogP contribution < -0.4 is 5.32 Å². The summed E-state index contributed by atoms with van der Waals surface area (Å²) in [7, 11) is 0. The van der Waals surface area contributed by atoms with E-state index in [1.807, 2.05) is 6.20 Å². The molecule has 1 amide bonds. The highest BCUT2D eigenvalue weighted by Gasteiger charge is 2.18. The van der Waals surface area contributed by atoms with Gasteiger partial charge in [-0.3, -0.25) is 9.69 Å². The Morgan fingerprint density at radius 1 is 1.52 bits per heavy atom. The van der Waals surface area contributed by atoms with Crippen molar-refractivity contribution in [1.29, 1.82) is 0 Å². The maximum atomic E-state index is 11.9. The highest BCUT2D eigenvalue weighted by molar-refractivity contribution is 5.89. The van der Waals surface area contributed by atoms with Crippen LogP contribution in [0.25, 0.3) is 0 Å². The van der Waals surface area contributed by atoms with Crippen LogP contribution in [0, 0.1) is 6.92 Å². The summed E-state index contributed by atoms with van der Waals surface area (Å²) in [6.07, 6.45) is 4.80. The first-order valence-electron chi connectivity index (χ1n) is 6.94. The van der Waals surface area contributed by atoms with Crippen LogP contribution in [0.3, 0.4) is 0 Å². The fourth-order valence-corrected chi connectivity index (χ4v) is 2.39. The van der Waals surface area contributed by atoms with E-state index in [4.69, 9.17) is 4.52 Å². The number of amides is 1. The number of hydrogen-bond acceptors (Lipinski definition) is 6. The Balaban J connectivity index is 1.49. The Bertz CT molecular complexity index is 640. The summed E-state index contributed by atoms with van der Waals surface area (Å²) in [5.74, 6) is 1.09. The lowest BCUT2D eigenvalue weighted by Gasteiger charge is -2.27. The van der Waals surface area contributed by atoms with Crippen LogP contribution >= 0.6 is 0 Å². The molecule has 0 radical (unpaired) electrons. The van der Waals surface area contributed by atoms with Gasteiger partial charge in [0.2, 0.25) is 5.91 Å². The summed E-state index contributed by atoms with van der Waals surface area (Å²) in [6, 6.07) is 1.70. The van der Waals surface area contributed by atoms with Gasteiger partial charge in [0.25, 0.3) is 0 Å². The Hall–Kier alpha value is -2.28. The fraction of sp³-hybridized carbons (Fsp3) is 0.429. The Labute approximate surface area is 122 Å². The van der Waals surface area contributed by atoms with Crippen molar-refractivity contribution in [2.24, 2.45) is 0 Å². The SMILES string of the molecule is Cc1cc(NC(=O)CCN2CCc3cncnc3C2)no1. The van der Waals surface area contributed by atoms with E-state index >= 15 is 0 Å². The molecule has 0 bridgehead atoms. The smallest absolute Gasteiger partial charge is 0.226 e. The number of rotatable bonds is 4. The molecule has 0 saturated heterocycles. The Kier molecular flexibility index (Phi) is 3.92. The Morgan fingerprint density at radius 3 is 3.24 bits per heavy atom. The van der Waals surface area contributed by atoms with Gasteiger partial charge in [0.1, 0.15) is 12.1 Å². The minimum atomic E-state index is -0.0585. The van der Waals surface area contributed by atoms with Crippen molar-refractivity contribution in [2.75, 3.05) is 18.4 Å². The van der Waals surface area contributed by atoms with Crippen LogP contribution in [0.15, 0.2) is 23.1 Å². The van der Waals surface area contributed by atoms with Crippen molar-refractivity contribution < 1.29 is 9.32 Å². The zero-order chi connectivity index (χ0) is 14.7. The topological polar surface area (TPSA) is 84.2 Å². The highest BCUT2D eigenvalue weighted by atomic mass is 16.5. The number of anilines is 1. The molecule has 0 spiro atoms. The number of hydrogen-bond donors (Lipinski definition) is 1. The van der Waals surface area contributed by atoms with Crippen molar-refractivity contribution >= 4 is 11.7 Å². The Morgan fingerprint density at radius 2 is 2.43 bits per heavy atom. The largest absolute Gasteiger partial charge is 0.360 e. The minimum Gasteiger partial charge on any atom is -0.360 e. The maximum absolute atomic E-state index is 11.9. The average molecular weight is 287 g/mol. The predicted molar refractivity (Wildman–Crippen MR) is 75.5 cm³/mol. The van der Waals surface area contributed by atoms with E-state index in [2.05, 4.69) is 25.3 Å². The van der Waals surface area contributed by atoms with Gasteiger partial charge in [0.15, 0.2) is 5.82 Å². The third-order valence-electron chi connectivity index (χ3n) is 3.50. The first kappa shape index (κ1) is 13.7. The molecule has 110 valence electrons. The molecule has 0 aromatic carbocycles. The summed E-state index contributed by atoms with van der Waals surface area (Å²) in [5, 5.41) is 6.47. The van der Waals surface area contributed by atoms with Gasteiger partial charge in [-0.15, -0.1) is 0 Å². The molecule has 1 aliphatic rings. The molecule has 0 atom stereocenters. The third kappa shape index (κ3) is 3.43. The molecule has 0 aliphatic carbocycles. The molecule has 2 aromatic rings. The molecular weight excluding hydrogens is 270 g/mol. The summed E-state index contributed by atoms with van der Waals surface area (Å²) in [5.41, 5.74) is 2.26. The number of nitrogens with one attached hydrogen (secondary N) is 1.